The zero-order chi connectivity index (χ0) is 12.8. The molecular weight excluding hydrogens is 240 g/mol. The second kappa shape index (κ2) is 6.21. The molecule has 0 aromatic heterocycles. The van der Waals surface area contributed by atoms with E-state index in [0.717, 1.165) is 0 Å². The van der Waals surface area contributed by atoms with Gasteiger partial charge in [-0.1, -0.05) is 6.58 Å². The lowest BCUT2D eigenvalue weighted by Gasteiger charge is -2.05. The molecule has 0 saturated heterocycles. The normalized spacial score (nSPS) is 9.76. The topological polar surface area (TPSA) is 43.4 Å². The van der Waals surface area contributed by atoms with Gasteiger partial charge in [-0.25, -0.2) is 0 Å². The fourth-order valence-corrected chi connectivity index (χ4v) is 1.28. The Morgan fingerprint density at radius 1 is 1.29 bits per heavy atom. The SMILES string of the molecule is C=C(C)C(=O)CCOc1ccc(C(=O)Cl)cc1. The first-order chi connectivity index (χ1) is 8.00. The van der Waals surface area contributed by atoms with Crippen LogP contribution in [0.4, 0.5) is 0 Å². The van der Waals surface area contributed by atoms with E-state index in [1.54, 1.807) is 31.2 Å². The van der Waals surface area contributed by atoms with Gasteiger partial charge >= 0.3 is 0 Å². The Bertz CT molecular complexity index is 434. The van der Waals surface area contributed by atoms with Gasteiger partial charge in [-0.15, -0.1) is 0 Å². The third-order valence-corrected chi connectivity index (χ3v) is 2.37. The molecule has 0 unspecified atom stereocenters. The number of rotatable bonds is 6. The van der Waals surface area contributed by atoms with Crippen LogP contribution in [0.5, 0.6) is 5.75 Å². The van der Waals surface area contributed by atoms with E-state index in [9.17, 15) is 9.59 Å². The molecule has 0 atom stereocenters. The quantitative estimate of drug-likeness (QED) is 0.577. The van der Waals surface area contributed by atoms with E-state index in [0.29, 0.717) is 29.9 Å². The minimum absolute atomic E-state index is 0.0162. The summed E-state index contributed by atoms with van der Waals surface area (Å²) in [6.07, 6.45) is 0.297. The number of ketones is 1. The molecule has 0 radical (unpaired) electrons. The molecule has 1 aromatic rings. The van der Waals surface area contributed by atoms with Crippen LogP contribution in [-0.2, 0) is 4.79 Å². The van der Waals surface area contributed by atoms with Gasteiger partial charge < -0.3 is 4.74 Å². The molecule has 17 heavy (non-hydrogen) atoms. The van der Waals surface area contributed by atoms with Crippen molar-refractivity contribution in [3.05, 3.63) is 42.0 Å². The second-order valence-corrected chi connectivity index (χ2v) is 3.94. The van der Waals surface area contributed by atoms with Crippen molar-refractivity contribution in [3.63, 3.8) is 0 Å². The summed E-state index contributed by atoms with van der Waals surface area (Å²) < 4.78 is 5.35. The summed E-state index contributed by atoms with van der Waals surface area (Å²) in [4.78, 5) is 22.0. The van der Waals surface area contributed by atoms with Gasteiger partial charge in [0.25, 0.3) is 5.24 Å². The van der Waals surface area contributed by atoms with E-state index in [1.807, 2.05) is 0 Å². The minimum atomic E-state index is -0.506. The summed E-state index contributed by atoms with van der Waals surface area (Å²) in [5.41, 5.74) is 0.939. The molecular formula is C13H13ClO3. The highest BCUT2D eigenvalue weighted by atomic mass is 35.5. The maximum Gasteiger partial charge on any atom is 0.252 e. The van der Waals surface area contributed by atoms with Crippen LogP contribution in [0.3, 0.4) is 0 Å². The first-order valence-electron chi connectivity index (χ1n) is 5.12. The van der Waals surface area contributed by atoms with Crippen LogP contribution >= 0.6 is 11.6 Å². The standard InChI is InChI=1S/C13H13ClO3/c1-9(2)12(15)7-8-17-11-5-3-10(4-6-11)13(14)16/h3-6H,1,7-8H2,2H3. The second-order valence-electron chi connectivity index (χ2n) is 3.60. The molecule has 0 heterocycles. The third kappa shape index (κ3) is 4.41. The molecule has 1 rings (SSSR count). The first kappa shape index (κ1) is 13.5. The Labute approximate surface area is 105 Å². The molecule has 90 valence electrons. The summed E-state index contributed by atoms with van der Waals surface area (Å²) in [5, 5.41) is -0.506. The number of halogens is 1. The lowest BCUT2D eigenvalue weighted by atomic mass is 10.2. The van der Waals surface area contributed by atoms with Gasteiger partial charge in [-0.2, -0.15) is 0 Å². The van der Waals surface area contributed by atoms with Gasteiger partial charge in [0.2, 0.25) is 0 Å². The zero-order valence-corrected chi connectivity index (χ0v) is 10.3. The van der Waals surface area contributed by atoms with Crippen LogP contribution in [0.2, 0.25) is 0 Å². The van der Waals surface area contributed by atoms with Crippen molar-refractivity contribution in [1.29, 1.82) is 0 Å². The van der Waals surface area contributed by atoms with Crippen LogP contribution in [0.25, 0.3) is 0 Å². The molecule has 0 saturated carbocycles. The summed E-state index contributed by atoms with van der Waals surface area (Å²) >= 11 is 5.30. The van der Waals surface area contributed by atoms with Crippen LogP contribution in [0, 0.1) is 0 Å². The summed E-state index contributed by atoms with van der Waals surface area (Å²) in [5.74, 6) is 0.582. The smallest absolute Gasteiger partial charge is 0.252 e. The maximum atomic E-state index is 11.2. The lowest BCUT2D eigenvalue weighted by molar-refractivity contribution is -0.115. The van der Waals surface area contributed by atoms with E-state index < -0.39 is 5.24 Å². The van der Waals surface area contributed by atoms with Crippen LogP contribution in [0.15, 0.2) is 36.4 Å². The van der Waals surface area contributed by atoms with Gasteiger partial charge in [-0.3, -0.25) is 9.59 Å². The van der Waals surface area contributed by atoms with Gasteiger partial charge in [0.1, 0.15) is 5.75 Å². The predicted molar refractivity (Wildman–Crippen MR) is 66.6 cm³/mol. The van der Waals surface area contributed by atoms with Crippen molar-refractivity contribution in [3.8, 4) is 5.75 Å². The van der Waals surface area contributed by atoms with Crippen molar-refractivity contribution in [1.82, 2.24) is 0 Å². The minimum Gasteiger partial charge on any atom is -0.493 e. The van der Waals surface area contributed by atoms with Crippen molar-refractivity contribution in [2.24, 2.45) is 0 Å². The van der Waals surface area contributed by atoms with Gasteiger partial charge in [-0.05, 0) is 48.4 Å². The average Bonchev–Trinajstić information content (AvgIpc) is 2.29. The fraction of sp³-hybridized carbons (Fsp3) is 0.231. The number of ether oxygens (including phenoxy) is 1. The summed E-state index contributed by atoms with van der Waals surface area (Å²) in [6, 6.07) is 6.43. The van der Waals surface area contributed by atoms with Crippen molar-refractivity contribution in [2.45, 2.75) is 13.3 Å². The predicted octanol–water partition coefficient (Wildman–Crippen LogP) is 2.98. The van der Waals surface area contributed by atoms with Crippen molar-refractivity contribution in [2.75, 3.05) is 6.61 Å². The number of Topliss-reactive ketones (excluding diaryl/α,β-unsaturated/α-hetero) is 1. The molecule has 1 aromatic carbocycles. The number of hydrogen-bond donors (Lipinski definition) is 0. The van der Waals surface area contributed by atoms with E-state index in [2.05, 4.69) is 6.58 Å². The Morgan fingerprint density at radius 2 is 1.88 bits per heavy atom. The summed E-state index contributed by atoms with van der Waals surface area (Å²) in [6.45, 7) is 5.52. The number of benzene rings is 1. The van der Waals surface area contributed by atoms with E-state index >= 15 is 0 Å². The van der Waals surface area contributed by atoms with Gasteiger partial charge in [0, 0.05) is 12.0 Å². The highest BCUT2D eigenvalue weighted by Gasteiger charge is 2.04. The Morgan fingerprint density at radius 3 is 2.35 bits per heavy atom. The van der Waals surface area contributed by atoms with E-state index in [1.165, 1.54) is 0 Å². The summed E-state index contributed by atoms with van der Waals surface area (Å²) in [7, 11) is 0. The average molecular weight is 253 g/mol. The Balaban J connectivity index is 2.45. The lowest BCUT2D eigenvalue weighted by Crippen LogP contribution is -2.06. The van der Waals surface area contributed by atoms with Gasteiger partial charge in [0.05, 0.1) is 6.61 Å². The molecule has 0 bridgehead atoms. The number of carbonyl (C=O) groups is 2. The van der Waals surface area contributed by atoms with E-state index in [-0.39, 0.29) is 5.78 Å². The molecule has 0 spiro atoms. The highest BCUT2D eigenvalue weighted by Crippen LogP contribution is 2.14. The van der Waals surface area contributed by atoms with Crippen molar-refractivity contribution < 1.29 is 14.3 Å². The molecule has 0 aliphatic heterocycles. The molecule has 0 N–H and O–H groups in total. The van der Waals surface area contributed by atoms with Crippen LogP contribution in [-0.4, -0.2) is 17.6 Å². The largest absolute Gasteiger partial charge is 0.493 e. The monoisotopic (exact) mass is 252 g/mol. The van der Waals surface area contributed by atoms with E-state index in [4.69, 9.17) is 16.3 Å². The first-order valence-corrected chi connectivity index (χ1v) is 5.50. The van der Waals surface area contributed by atoms with Crippen LogP contribution < -0.4 is 4.74 Å². The molecule has 0 amide bonds. The Hall–Kier alpha value is -1.61. The fourth-order valence-electron chi connectivity index (χ4n) is 1.16. The molecule has 0 aliphatic carbocycles. The maximum absolute atomic E-state index is 11.2. The molecule has 0 fully saturated rings. The number of allylic oxidation sites excluding steroid dienone is 1. The molecule has 4 heteroatoms. The molecule has 3 nitrogen and oxygen atoms in total. The molecule has 0 aliphatic rings. The third-order valence-electron chi connectivity index (χ3n) is 2.16. The number of hydrogen-bond acceptors (Lipinski definition) is 3. The van der Waals surface area contributed by atoms with Gasteiger partial charge in [0.15, 0.2) is 5.78 Å². The van der Waals surface area contributed by atoms with Crippen molar-refractivity contribution >= 4 is 22.6 Å². The number of carbonyl (C=O) groups excluding carboxylic acids is 2. The highest BCUT2D eigenvalue weighted by molar-refractivity contribution is 6.67. The Kier molecular flexibility index (Phi) is 4.91. The zero-order valence-electron chi connectivity index (χ0n) is 9.53. The van der Waals surface area contributed by atoms with Crippen LogP contribution in [0.1, 0.15) is 23.7 Å².